The third-order valence-corrected chi connectivity index (χ3v) is 2.85. The SMILES string of the molecule is C=CCc1cc(Cl)cnc1COc1cccc(Cl)n1. The van der Waals surface area contributed by atoms with E-state index in [9.17, 15) is 0 Å². The highest BCUT2D eigenvalue weighted by molar-refractivity contribution is 6.30. The van der Waals surface area contributed by atoms with Crippen LogP contribution in [0.4, 0.5) is 0 Å². The average Bonchev–Trinajstić information content (AvgIpc) is 2.38. The summed E-state index contributed by atoms with van der Waals surface area (Å²) in [5.41, 5.74) is 1.80. The molecule has 2 rings (SSSR count). The van der Waals surface area contributed by atoms with Gasteiger partial charge in [-0.05, 0) is 24.1 Å². The number of nitrogens with zero attached hydrogens (tertiary/aromatic N) is 2. The molecule has 0 aliphatic heterocycles. The van der Waals surface area contributed by atoms with Crippen molar-refractivity contribution in [2.24, 2.45) is 0 Å². The second-order valence-corrected chi connectivity index (χ2v) is 4.66. The van der Waals surface area contributed by atoms with Gasteiger partial charge in [0.2, 0.25) is 5.88 Å². The van der Waals surface area contributed by atoms with Gasteiger partial charge >= 0.3 is 0 Å². The van der Waals surface area contributed by atoms with Gasteiger partial charge in [-0.3, -0.25) is 4.98 Å². The second-order valence-electron chi connectivity index (χ2n) is 3.84. The van der Waals surface area contributed by atoms with Crippen LogP contribution in [0.2, 0.25) is 10.2 Å². The number of hydrogen-bond acceptors (Lipinski definition) is 3. The lowest BCUT2D eigenvalue weighted by Gasteiger charge is -2.09. The molecule has 0 aromatic carbocycles. The smallest absolute Gasteiger partial charge is 0.215 e. The van der Waals surface area contributed by atoms with Crippen molar-refractivity contribution in [3.8, 4) is 5.88 Å². The first-order valence-corrected chi connectivity index (χ1v) is 6.44. The minimum Gasteiger partial charge on any atom is -0.471 e. The van der Waals surface area contributed by atoms with Crippen molar-refractivity contribution < 1.29 is 4.74 Å². The molecule has 0 spiro atoms. The molecule has 0 aliphatic rings. The van der Waals surface area contributed by atoms with Crippen molar-refractivity contribution in [2.45, 2.75) is 13.0 Å². The summed E-state index contributed by atoms with van der Waals surface area (Å²) in [4.78, 5) is 8.32. The van der Waals surface area contributed by atoms with Crippen LogP contribution in [0.5, 0.6) is 5.88 Å². The van der Waals surface area contributed by atoms with E-state index in [1.165, 1.54) is 0 Å². The Bertz CT molecular complexity index is 587. The molecule has 0 radical (unpaired) electrons. The van der Waals surface area contributed by atoms with Crippen molar-refractivity contribution in [2.75, 3.05) is 0 Å². The van der Waals surface area contributed by atoms with Crippen LogP contribution < -0.4 is 4.74 Å². The van der Waals surface area contributed by atoms with E-state index in [1.807, 2.05) is 6.07 Å². The van der Waals surface area contributed by atoms with E-state index >= 15 is 0 Å². The highest BCUT2D eigenvalue weighted by Gasteiger charge is 2.06. The Morgan fingerprint density at radius 3 is 2.89 bits per heavy atom. The Labute approximate surface area is 121 Å². The van der Waals surface area contributed by atoms with E-state index < -0.39 is 0 Å². The molecule has 98 valence electrons. The maximum absolute atomic E-state index is 5.92. The Morgan fingerprint density at radius 2 is 2.16 bits per heavy atom. The monoisotopic (exact) mass is 294 g/mol. The zero-order chi connectivity index (χ0) is 13.7. The van der Waals surface area contributed by atoms with Crippen LogP contribution in [0, 0.1) is 0 Å². The van der Waals surface area contributed by atoms with Crippen LogP contribution in [0.25, 0.3) is 0 Å². The lowest BCUT2D eigenvalue weighted by atomic mass is 10.1. The number of aromatic nitrogens is 2. The zero-order valence-electron chi connectivity index (χ0n) is 10.1. The predicted molar refractivity (Wildman–Crippen MR) is 76.7 cm³/mol. The molecule has 0 saturated heterocycles. The molecule has 0 unspecified atom stereocenters. The normalized spacial score (nSPS) is 10.2. The van der Waals surface area contributed by atoms with Crippen LogP contribution in [0.3, 0.4) is 0 Å². The summed E-state index contributed by atoms with van der Waals surface area (Å²) < 4.78 is 5.56. The van der Waals surface area contributed by atoms with Gasteiger partial charge in [-0.15, -0.1) is 6.58 Å². The van der Waals surface area contributed by atoms with Crippen molar-refractivity contribution in [1.82, 2.24) is 9.97 Å². The molecular formula is C14H12Cl2N2O. The maximum atomic E-state index is 5.92. The van der Waals surface area contributed by atoms with E-state index in [1.54, 1.807) is 30.5 Å². The average molecular weight is 295 g/mol. The van der Waals surface area contributed by atoms with Gasteiger partial charge in [0.05, 0.1) is 10.7 Å². The van der Waals surface area contributed by atoms with Gasteiger partial charge < -0.3 is 4.74 Å². The lowest BCUT2D eigenvalue weighted by Crippen LogP contribution is -2.03. The Morgan fingerprint density at radius 1 is 1.32 bits per heavy atom. The van der Waals surface area contributed by atoms with Gasteiger partial charge in [0.1, 0.15) is 11.8 Å². The predicted octanol–water partition coefficient (Wildman–Crippen LogP) is 4.09. The summed E-state index contributed by atoms with van der Waals surface area (Å²) >= 11 is 11.7. The molecule has 2 aromatic heterocycles. The standard InChI is InChI=1S/C14H12Cl2N2O/c1-2-4-10-7-11(15)8-17-12(10)9-19-14-6-3-5-13(16)18-14/h2-3,5-8H,1,4,9H2. The molecule has 0 aliphatic carbocycles. The molecule has 19 heavy (non-hydrogen) atoms. The summed E-state index contributed by atoms with van der Waals surface area (Å²) in [7, 11) is 0. The largest absolute Gasteiger partial charge is 0.471 e. The first kappa shape index (κ1) is 13.8. The first-order chi connectivity index (χ1) is 9.19. The quantitative estimate of drug-likeness (QED) is 0.615. The van der Waals surface area contributed by atoms with Gasteiger partial charge in [0, 0.05) is 12.3 Å². The van der Waals surface area contributed by atoms with Gasteiger partial charge in [-0.2, -0.15) is 0 Å². The van der Waals surface area contributed by atoms with Crippen LogP contribution in [0.15, 0.2) is 43.1 Å². The fourth-order valence-electron chi connectivity index (χ4n) is 1.58. The van der Waals surface area contributed by atoms with Gasteiger partial charge in [0.25, 0.3) is 0 Å². The highest BCUT2D eigenvalue weighted by Crippen LogP contribution is 2.17. The molecule has 2 aromatic rings. The zero-order valence-corrected chi connectivity index (χ0v) is 11.7. The maximum Gasteiger partial charge on any atom is 0.215 e. The van der Waals surface area contributed by atoms with Gasteiger partial charge in [-0.1, -0.05) is 35.3 Å². The molecule has 0 atom stereocenters. The Kier molecular flexibility index (Phi) is 4.77. The number of halogens is 2. The molecule has 0 saturated carbocycles. The molecule has 5 heteroatoms. The van der Waals surface area contributed by atoms with E-state index in [2.05, 4.69) is 16.5 Å². The number of hydrogen-bond donors (Lipinski definition) is 0. The summed E-state index contributed by atoms with van der Waals surface area (Å²) in [5.74, 6) is 0.466. The van der Waals surface area contributed by atoms with Crippen molar-refractivity contribution in [3.63, 3.8) is 0 Å². The second kappa shape index (κ2) is 6.55. The number of rotatable bonds is 5. The van der Waals surface area contributed by atoms with Gasteiger partial charge in [-0.25, -0.2) is 4.98 Å². The highest BCUT2D eigenvalue weighted by atomic mass is 35.5. The topological polar surface area (TPSA) is 35.0 Å². The number of pyridine rings is 2. The summed E-state index contributed by atoms with van der Waals surface area (Å²) in [6.45, 7) is 4.03. The minimum absolute atomic E-state index is 0.313. The molecule has 0 fully saturated rings. The molecule has 3 nitrogen and oxygen atoms in total. The fourth-order valence-corrected chi connectivity index (χ4v) is 1.92. The van der Waals surface area contributed by atoms with Crippen molar-refractivity contribution in [1.29, 1.82) is 0 Å². The molecular weight excluding hydrogens is 283 g/mol. The molecule has 0 amide bonds. The molecule has 0 N–H and O–H groups in total. The van der Waals surface area contributed by atoms with Gasteiger partial charge in [0.15, 0.2) is 0 Å². The molecule has 2 heterocycles. The van der Waals surface area contributed by atoms with E-state index in [0.717, 1.165) is 11.3 Å². The fraction of sp³-hybridized carbons (Fsp3) is 0.143. The third-order valence-electron chi connectivity index (χ3n) is 2.44. The van der Waals surface area contributed by atoms with Crippen molar-refractivity contribution in [3.05, 3.63) is 64.6 Å². The van der Waals surface area contributed by atoms with Crippen LogP contribution in [-0.4, -0.2) is 9.97 Å². The van der Waals surface area contributed by atoms with Crippen LogP contribution in [0.1, 0.15) is 11.3 Å². The van der Waals surface area contributed by atoms with Crippen molar-refractivity contribution >= 4 is 23.2 Å². The summed E-state index contributed by atoms with van der Waals surface area (Å²) in [5, 5.41) is 0.995. The van der Waals surface area contributed by atoms with Crippen LogP contribution >= 0.6 is 23.2 Å². The van der Waals surface area contributed by atoms with E-state index in [4.69, 9.17) is 27.9 Å². The Hall–Kier alpha value is -1.58. The minimum atomic E-state index is 0.313. The summed E-state index contributed by atoms with van der Waals surface area (Å²) in [6, 6.07) is 7.08. The first-order valence-electron chi connectivity index (χ1n) is 5.68. The summed E-state index contributed by atoms with van der Waals surface area (Å²) in [6.07, 6.45) is 4.09. The third kappa shape index (κ3) is 3.94. The van der Waals surface area contributed by atoms with Crippen LogP contribution in [-0.2, 0) is 13.0 Å². The lowest BCUT2D eigenvalue weighted by molar-refractivity contribution is 0.288. The Balaban J connectivity index is 2.12. The number of allylic oxidation sites excluding steroid dienone is 1. The number of ether oxygens (including phenoxy) is 1. The van der Waals surface area contributed by atoms with E-state index in [0.29, 0.717) is 29.1 Å². The molecule has 0 bridgehead atoms. The van der Waals surface area contributed by atoms with E-state index in [-0.39, 0.29) is 0 Å².